The molecule has 8 heteroatoms. The van der Waals surface area contributed by atoms with Gasteiger partial charge in [-0.3, -0.25) is 4.79 Å². The van der Waals surface area contributed by atoms with Crippen molar-refractivity contribution in [1.29, 1.82) is 0 Å². The second kappa shape index (κ2) is 7.32. The monoisotopic (exact) mass is 384 g/mol. The molecule has 1 aromatic carbocycles. The van der Waals surface area contributed by atoms with Crippen molar-refractivity contribution in [3.8, 4) is 5.82 Å². The van der Waals surface area contributed by atoms with Gasteiger partial charge in [0.05, 0.1) is 23.3 Å². The Bertz CT molecular complexity index is 1070. The molecule has 3 rings (SSSR count). The van der Waals surface area contributed by atoms with Crippen molar-refractivity contribution >= 4 is 21.4 Å². The summed E-state index contributed by atoms with van der Waals surface area (Å²) >= 11 is 0. The fourth-order valence-electron chi connectivity index (χ4n) is 2.70. The van der Waals surface area contributed by atoms with E-state index >= 15 is 0 Å². The van der Waals surface area contributed by atoms with E-state index in [0.29, 0.717) is 22.6 Å². The zero-order valence-electron chi connectivity index (χ0n) is 15.3. The van der Waals surface area contributed by atoms with Crippen LogP contribution in [-0.2, 0) is 15.6 Å². The summed E-state index contributed by atoms with van der Waals surface area (Å²) in [6.45, 7) is 3.87. The Labute approximate surface area is 158 Å². The predicted octanol–water partition coefficient (Wildman–Crippen LogP) is 2.68. The average molecular weight is 384 g/mol. The molecule has 27 heavy (non-hydrogen) atoms. The quantitative estimate of drug-likeness (QED) is 0.730. The molecule has 0 aliphatic rings. The van der Waals surface area contributed by atoms with Gasteiger partial charge in [-0.2, -0.15) is 5.10 Å². The Hall–Kier alpha value is -3.00. The summed E-state index contributed by atoms with van der Waals surface area (Å²) < 4.78 is 24.4. The lowest BCUT2D eigenvalue weighted by molar-refractivity contribution is 0.102. The number of sulfone groups is 1. The number of nitrogens with one attached hydrogen (secondary N) is 1. The molecule has 2 aromatic heterocycles. The van der Waals surface area contributed by atoms with Crippen LogP contribution in [0.4, 0.5) is 5.69 Å². The third-order valence-corrected chi connectivity index (χ3v) is 4.74. The fourth-order valence-corrected chi connectivity index (χ4v) is 3.50. The van der Waals surface area contributed by atoms with Crippen LogP contribution in [0.15, 0.2) is 48.7 Å². The summed E-state index contributed by atoms with van der Waals surface area (Å²) in [6, 6.07) is 12.0. The van der Waals surface area contributed by atoms with Gasteiger partial charge in [-0.15, -0.1) is 0 Å². The van der Waals surface area contributed by atoms with Crippen LogP contribution in [0.5, 0.6) is 0 Å². The molecule has 140 valence electrons. The Morgan fingerprint density at radius 2 is 1.81 bits per heavy atom. The van der Waals surface area contributed by atoms with E-state index in [4.69, 9.17) is 0 Å². The van der Waals surface area contributed by atoms with Crippen LogP contribution in [0.2, 0.25) is 0 Å². The van der Waals surface area contributed by atoms with Gasteiger partial charge in [-0.05, 0) is 49.7 Å². The summed E-state index contributed by atoms with van der Waals surface area (Å²) in [7, 11) is -3.10. The molecule has 0 bridgehead atoms. The number of benzene rings is 1. The first-order valence-corrected chi connectivity index (χ1v) is 10.3. The van der Waals surface area contributed by atoms with Crippen molar-refractivity contribution in [3.05, 3.63) is 71.2 Å². The molecular formula is C19H20N4O3S. The molecule has 0 aliphatic carbocycles. The van der Waals surface area contributed by atoms with E-state index in [1.165, 1.54) is 6.26 Å². The van der Waals surface area contributed by atoms with Gasteiger partial charge in [0, 0.05) is 17.5 Å². The van der Waals surface area contributed by atoms with Crippen molar-refractivity contribution < 1.29 is 13.2 Å². The maximum Gasteiger partial charge on any atom is 0.255 e. The second-order valence-electron chi connectivity index (χ2n) is 6.47. The van der Waals surface area contributed by atoms with Gasteiger partial charge < -0.3 is 5.32 Å². The van der Waals surface area contributed by atoms with E-state index in [0.717, 1.165) is 11.4 Å². The minimum Gasteiger partial charge on any atom is -0.321 e. The number of aromatic nitrogens is 3. The molecular weight excluding hydrogens is 364 g/mol. The number of rotatable bonds is 5. The van der Waals surface area contributed by atoms with E-state index in [-0.39, 0.29) is 11.7 Å². The third kappa shape index (κ3) is 4.79. The van der Waals surface area contributed by atoms with Crippen LogP contribution in [0.1, 0.15) is 27.3 Å². The van der Waals surface area contributed by atoms with Gasteiger partial charge in [0.1, 0.15) is 0 Å². The summed E-state index contributed by atoms with van der Waals surface area (Å²) in [5, 5.41) is 7.15. The summed E-state index contributed by atoms with van der Waals surface area (Å²) in [5.41, 5.74) is 3.53. The number of nitrogens with zero attached hydrogens (tertiary/aromatic N) is 3. The first-order valence-electron chi connectivity index (χ1n) is 8.29. The Morgan fingerprint density at radius 1 is 1.11 bits per heavy atom. The molecule has 0 aliphatic heterocycles. The predicted molar refractivity (Wildman–Crippen MR) is 104 cm³/mol. The largest absolute Gasteiger partial charge is 0.321 e. The van der Waals surface area contributed by atoms with E-state index in [9.17, 15) is 13.2 Å². The molecule has 1 N–H and O–H groups in total. The number of carbonyl (C=O) groups excluding carboxylic acids is 1. The number of aryl methyl sites for hydroxylation is 2. The molecule has 0 radical (unpaired) electrons. The van der Waals surface area contributed by atoms with Gasteiger partial charge in [0.25, 0.3) is 5.91 Å². The molecule has 0 saturated heterocycles. The number of hydrogen-bond donors (Lipinski definition) is 1. The lowest BCUT2D eigenvalue weighted by Crippen LogP contribution is -2.12. The molecule has 1 amide bonds. The molecule has 0 fully saturated rings. The highest BCUT2D eigenvalue weighted by molar-refractivity contribution is 7.89. The SMILES string of the molecule is Cc1cc(C)n(-c2ccc(NC(=O)c3ccc(CS(C)(=O)=O)cc3)cn2)n1. The van der Waals surface area contributed by atoms with Crippen LogP contribution in [0.3, 0.4) is 0 Å². The van der Waals surface area contributed by atoms with Crippen molar-refractivity contribution in [3.63, 3.8) is 0 Å². The lowest BCUT2D eigenvalue weighted by atomic mass is 10.1. The maximum atomic E-state index is 12.3. The van der Waals surface area contributed by atoms with Gasteiger partial charge in [-0.1, -0.05) is 12.1 Å². The molecule has 3 aromatic rings. The minimum atomic E-state index is -3.10. The number of hydrogen-bond acceptors (Lipinski definition) is 5. The van der Waals surface area contributed by atoms with Gasteiger partial charge >= 0.3 is 0 Å². The molecule has 0 saturated carbocycles. The van der Waals surface area contributed by atoms with Crippen molar-refractivity contribution in [2.24, 2.45) is 0 Å². The van der Waals surface area contributed by atoms with E-state index < -0.39 is 9.84 Å². The highest BCUT2D eigenvalue weighted by Gasteiger charge is 2.10. The zero-order valence-corrected chi connectivity index (χ0v) is 16.1. The summed E-state index contributed by atoms with van der Waals surface area (Å²) in [5.74, 6) is 0.331. The molecule has 2 heterocycles. The minimum absolute atomic E-state index is 0.0490. The lowest BCUT2D eigenvalue weighted by Gasteiger charge is -2.08. The maximum absolute atomic E-state index is 12.3. The van der Waals surface area contributed by atoms with Crippen molar-refractivity contribution in [2.75, 3.05) is 11.6 Å². The van der Waals surface area contributed by atoms with Crippen LogP contribution < -0.4 is 5.32 Å². The van der Waals surface area contributed by atoms with Crippen LogP contribution in [-0.4, -0.2) is 35.3 Å². The molecule has 0 unspecified atom stereocenters. The second-order valence-corrected chi connectivity index (χ2v) is 8.61. The first kappa shape index (κ1) is 18.8. The third-order valence-electron chi connectivity index (χ3n) is 3.88. The Morgan fingerprint density at radius 3 is 2.33 bits per heavy atom. The van der Waals surface area contributed by atoms with E-state index in [1.54, 1.807) is 47.3 Å². The highest BCUT2D eigenvalue weighted by atomic mass is 32.2. The Kier molecular flexibility index (Phi) is 5.09. The Balaban J connectivity index is 1.70. The fraction of sp³-hybridized carbons (Fsp3) is 0.211. The number of pyridine rings is 1. The van der Waals surface area contributed by atoms with Crippen LogP contribution >= 0.6 is 0 Å². The van der Waals surface area contributed by atoms with E-state index in [1.807, 2.05) is 19.9 Å². The number of amides is 1. The average Bonchev–Trinajstić information content (AvgIpc) is 2.93. The number of carbonyl (C=O) groups is 1. The van der Waals surface area contributed by atoms with Crippen LogP contribution in [0, 0.1) is 13.8 Å². The van der Waals surface area contributed by atoms with Gasteiger partial charge in [-0.25, -0.2) is 18.1 Å². The van der Waals surface area contributed by atoms with E-state index in [2.05, 4.69) is 15.4 Å². The zero-order chi connectivity index (χ0) is 19.6. The standard InChI is InChI=1S/C19H20N4O3S/c1-13-10-14(2)23(22-13)18-9-8-17(11-20-18)21-19(24)16-6-4-15(5-7-16)12-27(3,25)26/h4-11H,12H2,1-3H3,(H,21,24). The summed E-state index contributed by atoms with van der Waals surface area (Å²) in [6.07, 6.45) is 2.75. The normalized spacial score (nSPS) is 11.4. The van der Waals surface area contributed by atoms with Crippen LogP contribution in [0.25, 0.3) is 5.82 Å². The molecule has 0 spiro atoms. The summed E-state index contributed by atoms with van der Waals surface area (Å²) in [4.78, 5) is 16.7. The topological polar surface area (TPSA) is 94.0 Å². The molecule has 7 nitrogen and oxygen atoms in total. The number of anilines is 1. The van der Waals surface area contributed by atoms with Crippen molar-refractivity contribution in [2.45, 2.75) is 19.6 Å². The smallest absolute Gasteiger partial charge is 0.255 e. The van der Waals surface area contributed by atoms with Crippen molar-refractivity contribution in [1.82, 2.24) is 14.8 Å². The van der Waals surface area contributed by atoms with Gasteiger partial charge in [0.2, 0.25) is 0 Å². The highest BCUT2D eigenvalue weighted by Crippen LogP contribution is 2.14. The first-order chi connectivity index (χ1) is 12.7. The molecule has 0 atom stereocenters. The van der Waals surface area contributed by atoms with Gasteiger partial charge in [0.15, 0.2) is 15.7 Å².